The zero-order valence-electron chi connectivity index (χ0n) is 19.4. The van der Waals surface area contributed by atoms with Crippen LogP contribution >= 0.6 is 23.2 Å². The first-order chi connectivity index (χ1) is 17.2. The molecule has 1 aliphatic heterocycles. The summed E-state index contributed by atoms with van der Waals surface area (Å²) in [5, 5.41) is 3.53. The number of esters is 1. The first kappa shape index (κ1) is 25.3. The summed E-state index contributed by atoms with van der Waals surface area (Å²) in [5.74, 6) is -0.320. The van der Waals surface area contributed by atoms with Gasteiger partial charge in [-0.15, -0.1) is 0 Å². The molecule has 0 aromatic heterocycles. The van der Waals surface area contributed by atoms with Gasteiger partial charge in [0.15, 0.2) is 12.7 Å². The van der Waals surface area contributed by atoms with E-state index in [9.17, 15) is 14.4 Å². The average molecular weight is 529 g/mol. The molecule has 36 heavy (non-hydrogen) atoms. The quantitative estimate of drug-likeness (QED) is 0.428. The Bertz CT molecular complexity index is 1330. The van der Waals surface area contributed by atoms with E-state index in [-0.39, 0.29) is 19.1 Å². The van der Waals surface area contributed by atoms with Crippen molar-refractivity contribution in [1.29, 1.82) is 0 Å². The molecule has 1 heterocycles. The maximum atomic E-state index is 12.8. The Hall–Kier alpha value is -3.75. The van der Waals surface area contributed by atoms with Gasteiger partial charge in [0.1, 0.15) is 11.5 Å². The third-order valence-corrected chi connectivity index (χ3v) is 5.96. The number of nitrogens with one attached hydrogen (secondary N) is 1. The van der Waals surface area contributed by atoms with Gasteiger partial charge < -0.3 is 24.4 Å². The molecule has 0 saturated heterocycles. The summed E-state index contributed by atoms with van der Waals surface area (Å²) < 4.78 is 16.0. The molecular weight excluding hydrogens is 507 g/mol. The van der Waals surface area contributed by atoms with Crippen molar-refractivity contribution in [1.82, 2.24) is 0 Å². The molecule has 0 bridgehead atoms. The minimum absolute atomic E-state index is 0.123. The van der Waals surface area contributed by atoms with E-state index in [1.165, 1.54) is 18.1 Å². The molecule has 3 aromatic rings. The largest absolute Gasteiger partial charge is 0.482 e. The van der Waals surface area contributed by atoms with Crippen molar-refractivity contribution in [3.8, 4) is 11.5 Å². The lowest BCUT2D eigenvalue weighted by Crippen LogP contribution is -2.38. The van der Waals surface area contributed by atoms with E-state index in [2.05, 4.69) is 5.32 Å². The van der Waals surface area contributed by atoms with Crippen LogP contribution in [0.2, 0.25) is 10.0 Å². The van der Waals surface area contributed by atoms with Crippen molar-refractivity contribution < 1.29 is 28.6 Å². The first-order valence-corrected chi connectivity index (χ1v) is 11.7. The Labute approximate surface area is 217 Å². The topological polar surface area (TPSA) is 94.2 Å². The summed E-state index contributed by atoms with van der Waals surface area (Å²) in [6, 6.07) is 16.6. The molecule has 3 aromatic carbocycles. The number of rotatable bonds is 7. The summed E-state index contributed by atoms with van der Waals surface area (Å²) in [6.07, 6.45) is -0.866. The highest BCUT2D eigenvalue weighted by atomic mass is 35.5. The van der Waals surface area contributed by atoms with Gasteiger partial charge in [-0.25, -0.2) is 4.79 Å². The zero-order chi connectivity index (χ0) is 25.8. The molecule has 0 aliphatic carbocycles. The van der Waals surface area contributed by atoms with Crippen molar-refractivity contribution >= 4 is 52.4 Å². The van der Waals surface area contributed by atoms with E-state index in [1.54, 1.807) is 61.5 Å². The van der Waals surface area contributed by atoms with Gasteiger partial charge in [-0.3, -0.25) is 9.59 Å². The Balaban J connectivity index is 1.51. The standard InChI is InChI=1S/C26H22Cl2N2O6/c1-15(36-22-8-6-18(27)11-20(22)28)25(32)29-19-7-9-23-21(12-19)30(24(31)14-35-23)13-16-4-3-5-17(10-16)26(33)34-2/h3-12,15H,13-14H2,1-2H3,(H,29,32). The maximum absolute atomic E-state index is 12.8. The van der Waals surface area contributed by atoms with E-state index in [0.29, 0.717) is 38.5 Å². The molecule has 2 amide bonds. The van der Waals surface area contributed by atoms with Crippen LogP contribution in [0.5, 0.6) is 11.5 Å². The number of carbonyl (C=O) groups excluding carboxylic acids is 3. The smallest absolute Gasteiger partial charge is 0.337 e. The number of benzene rings is 3. The van der Waals surface area contributed by atoms with Gasteiger partial charge in [0, 0.05) is 10.7 Å². The lowest BCUT2D eigenvalue weighted by molar-refractivity contribution is -0.122. The minimum Gasteiger partial charge on any atom is -0.482 e. The van der Waals surface area contributed by atoms with Crippen LogP contribution in [0, 0.1) is 0 Å². The first-order valence-electron chi connectivity index (χ1n) is 10.9. The third-order valence-electron chi connectivity index (χ3n) is 5.43. The SMILES string of the molecule is COC(=O)c1cccc(CN2C(=O)COc3ccc(NC(=O)C(C)Oc4ccc(Cl)cc4Cl)cc32)c1. The highest BCUT2D eigenvalue weighted by Gasteiger charge is 2.27. The van der Waals surface area contributed by atoms with Gasteiger partial charge >= 0.3 is 5.97 Å². The van der Waals surface area contributed by atoms with Crippen molar-refractivity contribution in [3.05, 3.63) is 81.8 Å². The van der Waals surface area contributed by atoms with Crippen LogP contribution < -0.4 is 19.7 Å². The molecule has 0 radical (unpaired) electrons. The molecule has 0 spiro atoms. The van der Waals surface area contributed by atoms with Gasteiger partial charge in [-0.2, -0.15) is 0 Å². The van der Waals surface area contributed by atoms with Crippen molar-refractivity contribution in [2.75, 3.05) is 23.9 Å². The lowest BCUT2D eigenvalue weighted by Gasteiger charge is -2.30. The summed E-state index contributed by atoms with van der Waals surface area (Å²) in [7, 11) is 1.31. The van der Waals surface area contributed by atoms with Gasteiger partial charge in [-0.05, 0) is 61.0 Å². The predicted molar refractivity (Wildman–Crippen MR) is 136 cm³/mol. The molecule has 10 heteroatoms. The number of nitrogens with zero attached hydrogens (tertiary/aromatic N) is 1. The Morgan fingerprint density at radius 1 is 1.11 bits per heavy atom. The van der Waals surface area contributed by atoms with Crippen LogP contribution in [0.25, 0.3) is 0 Å². The van der Waals surface area contributed by atoms with E-state index < -0.39 is 18.0 Å². The second-order valence-corrected chi connectivity index (χ2v) is 8.81. The van der Waals surface area contributed by atoms with Crippen molar-refractivity contribution in [2.24, 2.45) is 0 Å². The summed E-state index contributed by atoms with van der Waals surface area (Å²) in [5.41, 5.74) is 2.05. The molecule has 0 saturated carbocycles. The minimum atomic E-state index is -0.866. The normalized spacial score (nSPS) is 13.3. The zero-order valence-corrected chi connectivity index (χ0v) is 20.9. The van der Waals surface area contributed by atoms with Crippen molar-refractivity contribution in [3.63, 3.8) is 0 Å². The number of halogens is 2. The Morgan fingerprint density at radius 2 is 1.92 bits per heavy atom. The fourth-order valence-electron chi connectivity index (χ4n) is 3.61. The van der Waals surface area contributed by atoms with Crippen LogP contribution in [0.4, 0.5) is 11.4 Å². The van der Waals surface area contributed by atoms with Crippen LogP contribution in [0.3, 0.4) is 0 Å². The van der Waals surface area contributed by atoms with Crippen LogP contribution in [-0.2, 0) is 20.9 Å². The van der Waals surface area contributed by atoms with Gasteiger partial charge in [-0.1, -0.05) is 35.3 Å². The number of hydrogen-bond donors (Lipinski definition) is 1. The van der Waals surface area contributed by atoms with Gasteiger partial charge in [0.2, 0.25) is 0 Å². The predicted octanol–water partition coefficient (Wildman–Crippen LogP) is 5.11. The highest BCUT2D eigenvalue weighted by Crippen LogP contribution is 2.36. The Kier molecular flexibility index (Phi) is 7.67. The maximum Gasteiger partial charge on any atom is 0.337 e. The molecular formula is C26H22Cl2N2O6. The molecule has 8 nitrogen and oxygen atoms in total. The van der Waals surface area contributed by atoms with Gasteiger partial charge in [0.05, 0.1) is 29.9 Å². The van der Waals surface area contributed by atoms with E-state index in [4.69, 9.17) is 37.4 Å². The highest BCUT2D eigenvalue weighted by molar-refractivity contribution is 6.35. The lowest BCUT2D eigenvalue weighted by atomic mass is 10.1. The summed E-state index contributed by atoms with van der Waals surface area (Å²) in [6.45, 7) is 1.67. The number of hydrogen-bond acceptors (Lipinski definition) is 6. The monoisotopic (exact) mass is 528 g/mol. The second-order valence-electron chi connectivity index (χ2n) is 7.97. The summed E-state index contributed by atoms with van der Waals surface area (Å²) >= 11 is 12.0. The number of amides is 2. The van der Waals surface area contributed by atoms with Gasteiger partial charge in [0.25, 0.3) is 11.8 Å². The van der Waals surface area contributed by atoms with E-state index in [1.807, 2.05) is 0 Å². The second kappa shape index (κ2) is 10.9. The number of carbonyl (C=O) groups is 3. The number of anilines is 2. The molecule has 0 fully saturated rings. The van der Waals surface area contributed by atoms with E-state index >= 15 is 0 Å². The third kappa shape index (κ3) is 5.72. The van der Waals surface area contributed by atoms with Crippen LogP contribution in [0.1, 0.15) is 22.8 Å². The molecule has 1 unspecified atom stereocenters. The van der Waals surface area contributed by atoms with E-state index in [0.717, 1.165) is 5.56 Å². The molecule has 1 N–H and O–H groups in total. The fourth-order valence-corrected chi connectivity index (χ4v) is 4.06. The number of methoxy groups -OCH3 is 1. The average Bonchev–Trinajstić information content (AvgIpc) is 2.87. The number of fused-ring (bicyclic) bond motifs is 1. The van der Waals surface area contributed by atoms with Crippen LogP contribution in [0.15, 0.2) is 60.7 Å². The molecule has 4 rings (SSSR count). The molecule has 186 valence electrons. The van der Waals surface area contributed by atoms with Crippen LogP contribution in [-0.4, -0.2) is 37.6 Å². The molecule has 1 aliphatic rings. The fraction of sp³-hybridized carbons (Fsp3) is 0.192. The molecule has 1 atom stereocenters. The Morgan fingerprint density at radius 3 is 2.67 bits per heavy atom. The van der Waals surface area contributed by atoms with Crippen molar-refractivity contribution in [2.45, 2.75) is 19.6 Å². The number of ether oxygens (including phenoxy) is 3. The summed E-state index contributed by atoms with van der Waals surface area (Å²) in [4.78, 5) is 38.9.